The maximum atomic E-state index is 12.8. The van der Waals surface area contributed by atoms with Crippen LogP contribution in [0.25, 0.3) is 0 Å². The van der Waals surface area contributed by atoms with Crippen LogP contribution in [0.4, 0.5) is 0 Å². The van der Waals surface area contributed by atoms with Crippen molar-refractivity contribution in [1.82, 2.24) is 0 Å². The number of allylic oxidation sites excluding steroid dienone is 10. The number of hydrogen-bond acceptors (Lipinski definition) is 5. The highest BCUT2D eigenvalue weighted by atomic mass is 16.6. The Morgan fingerprint density at radius 2 is 0.726 bits per heavy atom. The first-order valence-corrected chi connectivity index (χ1v) is 26.8. The highest BCUT2D eigenvalue weighted by Crippen LogP contribution is 2.15. The second kappa shape index (κ2) is 52.9. The number of rotatable bonds is 49. The molecule has 0 aliphatic rings. The molecule has 0 aliphatic heterocycles. The molecular weight excluding hydrogens is 765 g/mol. The summed E-state index contributed by atoms with van der Waals surface area (Å²) in [7, 11) is 0. The van der Waals surface area contributed by atoms with Gasteiger partial charge >= 0.3 is 11.9 Å². The molecule has 62 heavy (non-hydrogen) atoms. The Morgan fingerprint density at radius 1 is 0.371 bits per heavy atom. The standard InChI is InChI=1S/C57H102O5/c1-4-7-10-13-16-19-22-25-27-28-29-31-34-37-40-43-46-49-52-60-53-55(62-57(59)51-48-45-42-39-36-32-24-21-18-15-12-9-6-3)54-61-56(58)50-47-44-41-38-35-33-30-26-23-20-17-14-11-8-5-2/h8,11,16-17,19-20,25-27,30,55H,4-7,9-10,12-15,18,21-24,28-29,31-54H2,1-3H3/b11-8-,19-16-,20-17-,27-25-,30-26-. The molecule has 0 spiro atoms. The van der Waals surface area contributed by atoms with E-state index in [1.807, 2.05) is 0 Å². The van der Waals surface area contributed by atoms with E-state index in [9.17, 15) is 9.59 Å². The molecule has 0 radical (unpaired) electrons. The summed E-state index contributed by atoms with van der Waals surface area (Å²) < 4.78 is 17.4. The maximum Gasteiger partial charge on any atom is 0.306 e. The first-order chi connectivity index (χ1) is 30.6. The Balaban J connectivity index is 4.27. The molecule has 0 saturated carbocycles. The number of unbranched alkanes of at least 4 members (excludes halogenated alkanes) is 28. The van der Waals surface area contributed by atoms with Crippen LogP contribution in [0.5, 0.6) is 0 Å². The highest BCUT2D eigenvalue weighted by molar-refractivity contribution is 5.70. The lowest BCUT2D eigenvalue weighted by atomic mass is 10.0. The van der Waals surface area contributed by atoms with Gasteiger partial charge in [-0.3, -0.25) is 9.59 Å². The van der Waals surface area contributed by atoms with Crippen LogP contribution in [-0.2, 0) is 23.8 Å². The summed E-state index contributed by atoms with van der Waals surface area (Å²) in [5.74, 6) is -0.411. The first-order valence-electron chi connectivity index (χ1n) is 26.8. The smallest absolute Gasteiger partial charge is 0.306 e. The van der Waals surface area contributed by atoms with Crippen LogP contribution >= 0.6 is 0 Å². The van der Waals surface area contributed by atoms with Gasteiger partial charge in [-0.25, -0.2) is 0 Å². The Morgan fingerprint density at radius 3 is 1.19 bits per heavy atom. The number of carbonyl (C=O) groups excluding carboxylic acids is 2. The largest absolute Gasteiger partial charge is 0.462 e. The van der Waals surface area contributed by atoms with E-state index in [2.05, 4.69) is 81.5 Å². The molecule has 5 nitrogen and oxygen atoms in total. The minimum atomic E-state index is -0.545. The van der Waals surface area contributed by atoms with Crippen LogP contribution in [-0.4, -0.2) is 37.9 Å². The number of hydrogen-bond donors (Lipinski definition) is 0. The molecule has 0 aromatic rings. The Labute approximate surface area is 385 Å². The van der Waals surface area contributed by atoms with Crippen molar-refractivity contribution in [3.8, 4) is 0 Å². The summed E-state index contributed by atoms with van der Waals surface area (Å²) in [6.45, 7) is 7.69. The molecular formula is C57H102O5. The summed E-state index contributed by atoms with van der Waals surface area (Å²) in [4.78, 5) is 25.4. The molecule has 0 saturated heterocycles. The van der Waals surface area contributed by atoms with Crippen molar-refractivity contribution in [2.45, 2.75) is 271 Å². The van der Waals surface area contributed by atoms with E-state index in [-0.39, 0.29) is 25.2 Å². The number of esters is 2. The van der Waals surface area contributed by atoms with Gasteiger partial charge in [0.25, 0.3) is 0 Å². The second-order valence-electron chi connectivity index (χ2n) is 17.8. The van der Waals surface area contributed by atoms with Crippen molar-refractivity contribution in [1.29, 1.82) is 0 Å². The van der Waals surface area contributed by atoms with Gasteiger partial charge in [-0.2, -0.15) is 0 Å². The van der Waals surface area contributed by atoms with Crippen molar-refractivity contribution in [3.63, 3.8) is 0 Å². The van der Waals surface area contributed by atoms with Gasteiger partial charge in [0.1, 0.15) is 6.61 Å². The van der Waals surface area contributed by atoms with Gasteiger partial charge in [0.15, 0.2) is 6.10 Å². The molecule has 0 heterocycles. The van der Waals surface area contributed by atoms with E-state index in [1.54, 1.807) is 0 Å². The van der Waals surface area contributed by atoms with Crippen molar-refractivity contribution in [2.24, 2.45) is 0 Å². The predicted molar refractivity (Wildman–Crippen MR) is 270 cm³/mol. The molecule has 360 valence electrons. The van der Waals surface area contributed by atoms with Gasteiger partial charge < -0.3 is 14.2 Å². The lowest BCUT2D eigenvalue weighted by Gasteiger charge is -2.18. The molecule has 0 bridgehead atoms. The molecule has 1 atom stereocenters. The van der Waals surface area contributed by atoms with Crippen molar-refractivity contribution in [2.75, 3.05) is 19.8 Å². The summed E-state index contributed by atoms with van der Waals surface area (Å²) in [6.07, 6.45) is 66.6. The van der Waals surface area contributed by atoms with Crippen LogP contribution in [0.1, 0.15) is 265 Å². The fourth-order valence-electron chi connectivity index (χ4n) is 7.56. The summed E-state index contributed by atoms with van der Waals surface area (Å²) in [5, 5.41) is 0. The topological polar surface area (TPSA) is 61.8 Å². The minimum absolute atomic E-state index is 0.0755. The Kier molecular flexibility index (Phi) is 50.9. The molecule has 0 fully saturated rings. The van der Waals surface area contributed by atoms with Crippen LogP contribution in [0.2, 0.25) is 0 Å². The molecule has 0 N–H and O–H groups in total. The molecule has 0 aromatic carbocycles. The van der Waals surface area contributed by atoms with Gasteiger partial charge in [0, 0.05) is 19.4 Å². The zero-order valence-corrected chi connectivity index (χ0v) is 41.4. The van der Waals surface area contributed by atoms with Crippen molar-refractivity contribution < 1.29 is 23.8 Å². The van der Waals surface area contributed by atoms with Crippen LogP contribution < -0.4 is 0 Å². The molecule has 1 unspecified atom stereocenters. The van der Waals surface area contributed by atoms with Crippen LogP contribution in [0, 0.1) is 0 Å². The van der Waals surface area contributed by atoms with Gasteiger partial charge in [-0.15, -0.1) is 0 Å². The molecule has 5 heteroatoms. The van der Waals surface area contributed by atoms with E-state index < -0.39 is 6.10 Å². The van der Waals surface area contributed by atoms with Crippen LogP contribution in [0.15, 0.2) is 60.8 Å². The SMILES string of the molecule is CC/C=C\C/C=C\C/C=C\CCCCCCCC(=O)OCC(COCCCCCCCCCC/C=C\C/C=C\CCCCC)OC(=O)CCCCCCCCCCCCCCC. The van der Waals surface area contributed by atoms with Gasteiger partial charge in [0.05, 0.1) is 6.61 Å². The third kappa shape index (κ3) is 50.2. The minimum Gasteiger partial charge on any atom is -0.462 e. The zero-order valence-electron chi connectivity index (χ0n) is 41.4. The third-order valence-electron chi connectivity index (χ3n) is 11.5. The number of carbonyl (C=O) groups is 2. The van der Waals surface area contributed by atoms with E-state index in [4.69, 9.17) is 14.2 Å². The Hall–Kier alpha value is -2.40. The Bertz CT molecular complexity index is 1070. The lowest BCUT2D eigenvalue weighted by Crippen LogP contribution is -2.30. The van der Waals surface area contributed by atoms with E-state index in [1.165, 1.54) is 154 Å². The third-order valence-corrected chi connectivity index (χ3v) is 11.5. The second-order valence-corrected chi connectivity index (χ2v) is 17.8. The molecule has 0 amide bonds. The maximum absolute atomic E-state index is 12.8. The molecule has 0 aliphatic carbocycles. The fourth-order valence-corrected chi connectivity index (χ4v) is 7.56. The van der Waals surface area contributed by atoms with Crippen molar-refractivity contribution >= 4 is 11.9 Å². The van der Waals surface area contributed by atoms with Crippen LogP contribution in [0.3, 0.4) is 0 Å². The predicted octanol–water partition coefficient (Wildman–Crippen LogP) is 18.1. The molecule has 0 aromatic heterocycles. The highest BCUT2D eigenvalue weighted by Gasteiger charge is 2.17. The first kappa shape index (κ1) is 59.6. The quantitative estimate of drug-likeness (QED) is 0.0346. The normalized spacial score (nSPS) is 12.6. The van der Waals surface area contributed by atoms with Gasteiger partial charge in [-0.05, 0) is 83.5 Å². The van der Waals surface area contributed by atoms with E-state index in [0.717, 1.165) is 77.0 Å². The van der Waals surface area contributed by atoms with Gasteiger partial charge in [0.2, 0.25) is 0 Å². The fraction of sp³-hybridized carbons (Fsp3) is 0.789. The summed E-state index contributed by atoms with van der Waals surface area (Å²) in [5.41, 5.74) is 0. The van der Waals surface area contributed by atoms with E-state index in [0.29, 0.717) is 19.4 Å². The monoisotopic (exact) mass is 867 g/mol. The lowest BCUT2D eigenvalue weighted by molar-refractivity contribution is -0.163. The molecule has 0 rings (SSSR count). The zero-order chi connectivity index (χ0) is 44.9. The average molecular weight is 867 g/mol. The van der Waals surface area contributed by atoms with E-state index >= 15 is 0 Å². The summed E-state index contributed by atoms with van der Waals surface area (Å²) in [6, 6.07) is 0. The van der Waals surface area contributed by atoms with Crippen molar-refractivity contribution in [3.05, 3.63) is 60.8 Å². The van der Waals surface area contributed by atoms with Gasteiger partial charge in [-0.1, -0.05) is 229 Å². The average Bonchev–Trinajstić information content (AvgIpc) is 3.27. The number of ether oxygens (including phenoxy) is 3. The summed E-state index contributed by atoms with van der Waals surface area (Å²) >= 11 is 0.